The SMILES string of the molecule is C=CNP(=O)(NC=C)NC=C. The fourth-order valence-corrected chi connectivity index (χ4v) is 1.49. The predicted molar refractivity (Wildman–Crippen MR) is 47.6 cm³/mol. The third kappa shape index (κ3) is 3.53. The molecule has 0 radical (unpaired) electrons. The summed E-state index contributed by atoms with van der Waals surface area (Å²) in [7, 11) is -2.82. The quantitative estimate of drug-likeness (QED) is 0.530. The van der Waals surface area contributed by atoms with Gasteiger partial charge in [0.05, 0.1) is 0 Å². The van der Waals surface area contributed by atoms with E-state index in [9.17, 15) is 4.57 Å². The predicted octanol–water partition coefficient (Wildman–Crippen LogP) is 1.29. The molecule has 0 saturated heterocycles. The van der Waals surface area contributed by atoms with Gasteiger partial charge in [-0.3, -0.25) is 4.57 Å². The van der Waals surface area contributed by atoms with E-state index in [-0.39, 0.29) is 0 Å². The van der Waals surface area contributed by atoms with Crippen LogP contribution in [0.3, 0.4) is 0 Å². The zero-order valence-electron chi connectivity index (χ0n) is 6.21. The van der Waals surface area contributed by atoms with Crippen LogP contribution in [0.4, 0.5) is 0 Å². The van der Waals surface area contributed by atoms with Crippen molar-refractivity contribution < 1.29 is 4.57 Å². The lowest BCUT2D eigenvalue weighted by Crippen LogP contribution is -2.22. The molecule has 0 rings (SSSR count). The van der Waals surface area contributed by atoms with Crippen LogP contribution in [0, 0.1) is 0 Å². The summed E-state index contributed by atoms with van der Waals surface area (Å²) in [6.45, 7) is 10.1. The molecule has 4 nitrogen and oxygen atoms in total. The molecule has 0 saturated carbocycles. The number of nitrogens with one attached hydrogen (secondary N) is 3. The fourth-order valence-electron chi connectivity index (χ4n) is 0.497. The Bertz CT molecular complexity index is 169. The van der Waals surface area contributed by atoms with Crippen LogP contribution in [-0.4, -0.2) is 0 Å². The number of rotatable bonds is 6. The van der Waals surface area contributed by atoms with Crippen LogP contribution in [0.15, 0.2) is 38.3 Å². The van der Waals surface area contributed by atoms with Gasteiger partial charge in [0.2, 0.25) is 0 Å². The lowest BCUT2D eigenvalue weighted by atomic mass is 11.1. The van der Waals surface area contributed by atoms with E-state index in [0.29, 0.717) is 0 Å². The van der Waals surface area contributed by atoms with Crippen LogP contribution < -0.4 is 15.3 Å². The molecule has 0 aliphatic rings. The van der Waals surface area contributed by atoms with Gasteiger partial charge in [-0.25, -0.2) is 0 Å². The Hall–Kier alpha value is -1.15. The van der Waals surface area contributed by atoms with Crippen LogP contribution in [0.2, 0.25) is 0 Å². The van der Waals surface area contributed by atoms with Crippen LogP contribution in [0.1, 0.15) is 0 Å². The summed E-state index contributed by atoms with van der Waals surface area (Å²) in [5.74, 6) is 0. The lowest BCUT2D eigenvalue weighted by Gasteiger charge is -2.16. The monoisotopic (exact) mass is 173 g/mol. The molecular formula is C6H12N3OP. The Morgan fingerprint density at radius 3 is 1.36 bits per heavy atom. The molecule has 0 bridgehead atoms. The summed E-state index contributed by atoms with van der Waals surface area (Å²) < 4.78 is 11.5. The van der Waals surface area contributed by atoms with Crippen molar-refractivity contribution in [2.45, 2.75) is 0 Å². The second kappa shape index (κ2) is 4.63. The van der Waals surface area contributed by atoms with Gasteiger partial charge in [0.1, 0.15) is 0 Å². The van der Waals surface area contributed by atoms with Crippen molar-refractivity contribution in [2.24, 2.45) is 0 Å². The van der Waals surface area contributed by atoms with E-state index < -0.39 is 7.59 Å². The number of hydrogen-bond donors (Lipinski definition) is 3. The number of hydrogen-bond acceptors (Lipinski definition) is 1. The molecule has 5 heteroatoms. The molecule has 0 aliphatic heterocycles. The van der Waals surface area contributed by atoms with Crippen molar-refractivity contribution in [3.8, 4) is 0 Å². The molecule has 11 heavy (non-hydrogen) atoms. The van der Waals surface area contributed by atoms with Crippen LogP contribution >= 0.6 is 7.59 Å². The third-order valence-electron chi connectivity index (χ3n) is 0.819. The first kappa shape index (κ1) is 9.85. The minimum atomic E-state index is -2.82. The molecular weight excluding hydrogens is 161 g/mol. The van der Waals surface area contributed by atoms with Crippen molar-refractivity contribution in [3.63, 3.8) is 0 Å². The van der Waals surface area contributed by atoms with Gasteiger partial charge >= 0.3 is 7.59 Å². The van der Waals surface area contributed by atoms with Gasteiger partial charge in [-0.2, -0.15) is 0 Å². The summed E-state index contributed by atoms with van der Waals surface area (Å²) in [6, 6.07) is 0. The van der Waals surface area contributed by atoms with Crippen molar-refractivity contribution in [1.29, 1.82) is 0 Å². The average Bonchev–Trinajstić information content (AvgIpc) is 1.88. The molecule has 0 amide bonds. The summed E-state index contributed by atoms with van der Waals surface area (Å²) in [4.78, 5) is 0. The Balaban J connectivity index is 4.22. The maximum Gasteiger partial charge on any atom is 0.351 e. The smallest absolute Gasteiger partial charge is 0.311 e. The lowest BCUT2D eigenvalue weighted by molar-refractivity contribution is 0.561. The topological polar surface area (TPSA) is 53.2 Å². The highest BCUT2D eigenvalue weighted by atomic mass is 31.2. The molecule has 0 aromatic rings. The van der Waals surface area contributed by atoms with Crippen molar-refractivity contribution >= 4 is 7.59 Å². The summed E-state index contributed by atoms with van der Waals surface area (Å²) in [6.07, 6.45) is 3.98. The molecule has 0 aliphatic carbocycles. The van der Waals surface area contributed by atoms with E-state index in [2.05, 4.69) is 35.0 Å². The Kier molecular flexibility index (Phi) is 4.15. The Morgan fingerprint density at radius 2 is 1.18 bits per heavy atom. The molecule has 3 N–H and O–H groups in total. The van der Waals surface area contributed by atoms with Gasteiger partial charge in [-0.15, -0.1) is 0 Å². The van der Waals surface area contributed by atoms with E-state index in [0.717, 1.165) is 0 Å². The highest BCUT2D eigenvalue weighted by molar-refractivity contribution is 7.58. The molecule has 0 unspecified atom stereocenters. The molecule has 0 spiro atoms. The molecule has 0 heterocycles. The Morgan fingerprint density at radius 1 is 0.909 bits per heavy atom. The normalized spacial score (nSPS) is 9.45. The van der Waals surface area contributed by atoms with Crippen LogP contribution in [-0.2, 0) is 4.57 Å². The van der Waals surface area contributed by atoms with Crippen molar-refractivity contribution in [3.05, 3.63) is 38.3 Å². The van der Waals surface area contributed by atoms with Crippen LogP contribution in [0.25, 0.3) is 0 Å². The molecule has 62 valence electrons. The zero-order valence-corrected chi connectivity index (χ0v) is 7.10. The summed E-state index contributed by atoms with van der Waals surface area (Å²) >= 11 is 0. The second-order valence-electron chi connectivity index (χ2n) is 1.61. The van der Waals surface area contributed by atoms with E-state index >= 15 is 0 Å². The van der Waals surface area contributed by atoms with Crippen LogP contribution in [0.5, 0.6) is 0 Å². The van der Waals surface area contributed by atoms with Gasteiger partial charge in [0.25, 0.3) is 0 Å². The maximum atomic E-state index is 11.5. The summed E-state index contributed by atoms with van der Waals surface area (Å²) in [5.41, 5.74) is 0. The maximum absolute atomic E-state index is 11.5. The molecule has 0 aromatic heterocycles. The van der Waals surface area contributed by atoms with Crippen molar-refractivity contribution in [2.75, 3.05) is 0 Å². The average molecular weight is 173 g/mol. The van der Waals surface area contributed by atoms with Gasteiger partial charge in [0.15, 0.2) is 0 Å². The minimum absolute atomic E-state index is 1.33. The standard InChI is InChI=1S/C6H12N3OP/c1-4-7-11(10,8-5-2)9-6-3/h4-6H,1-3H2,(H3,7,8,9,10). The van der Waals surface area contributed by atoms with Gasteiger partial charge in [-0.05, 0) is 18.6 Å². The largest absolute Gasteiger partial charge is 0.351 e. The van der Waals surface area contributed by atoms with Gasteiger partial charge < -0.3 is 15.3 Å². The fraction of sp³-hybridized carbons (Fsp3) is 0. The van der Waals surface area contributed by atoms with E-state index in [1.165, 1.54) is 18.6 Å². The summed E-state index contributed by atoms with van der Waals surface area (Å²) in [5, 5.41) is 7.55. The highest BCUT2D eigenvalue weighted by Crippen LogP contribution is 2.29. The third-order valence-corrected chi connectivity index (χ3v) is 2.46. The second-order valence-corrected chi connectivity index (χ2v) is 3.60. The van der Waals surface area contributed by atoms with Gasteiger partial charge in [-0.1, -0.05) is 19.7 Å². The highest BCUT2D eigenvalue weighted by Gasteiger charge is 2.13. The molecule has 0 aromatic carbocycles. The van der Waals surface area contributed by atoms with E-state index in [4.69, 9.17) is 0 Å². The molecule has 0 fully saturated rings. The Labute approximate surface area is 66.6 Å². The minimum Gasteiger partial charge on any atom is -0.311 e. The molecule has 0 atom stereocenters. The van der Waals surface area contributed by atoms with E-state index in [1.807, 2.05) is 0 Å². The van der Waals surface area contributed by atoms with Crippen molar-refractivity contribution in [1.82, 2.24) is 15.3 Å². The zero-order chi connectivity index (χ0) is 8.74. The first-order chi connectivity index (χ1) is 5.18. The van der Waals surface area contributed by atoms with Gasteiger partial charge in [0, 0.05) is 0 Å². The first-order valence-corrected chi connectivity index (χ1v) is 4.65. The first-order valence-electron chi connectivity index (χ1n) is 2.94. The van der Waals surface area contributed by atoms with E-state index in [1.54, 1.807) is 0 Å².